The Kier molecular flexibility index (Phi) is 34.6. The molecule has 0 spiro atoms. The molecule has 1 aliphatic carbocycles. The molecular formula is C58H123N9O. The van der Waals surface area contributed by atoms with Gasteiger partial charge in [-0.05, 0) is 146 Å². The summed E-state index contributed by atoms with van der Waals surface area (Å²) >= 11 is 0. The molecule has 10 heteroatoms. The summed E-state index contributed by atoms with van der Waals surface area (Å²) in [6.45, 7) is 60.5. The molecule has 0 radical (unpaired) electrons. The zero-order valence-corrected chi connectivity index (χ0v) is 49.6. The number of carbonyl (C=O) groups excluding carboxylic acids is 1. The van der Waals surface area contributed by atoms with E-state index in [0.29, 0.717) is 18.0 Å². The first-order valence-electron chi connectivity index (χ1n) is 30.0. The molecule has 9 heterocycles. The molecule has 0 aromatic carbocycles. The van der Waals surface area contributed by atoms with Gasteiger partial charge in [0.1, 0.15) is 0 Å². The Hall–Kier alpha value is -0.850. The molecule has 1 amide bonds. The minimum absolute atomic E-state index is 0.369. The van der Waals surface area contributed by atoms with Gasteiger partial charge in [0.2, 0.25) is 5.91 Å². The van der Waals surface area contributed by atoms with E-state index in [4.69, 9.17) is 0 Å². The number of nitrogens with one attached hydrogen (secondary N) is 1. The van der Waals surface area contributed by atoms with Gasteiger partial charge < -0.3 is 10.2 Å². The molecule has 0 aromatic rings. The van der Waals surface area contributed by atoms with E-state index in [2.05, 4.69) is 114 Å². The van der Waals surface area contributed by atoms with Gasteiger partial charge in [0.15, 0.2) is 0 Å². The highest BCUT2D eigenvalue weighted by atomic mass is 16.2. The van der Waals surface area contributed by atoms with Crippen LogP contribution < -0.4 is 5.32 Å². The van der Waals surface area contributed by atoms with Crippen LogP contribution in [0.1, 0.15) is 209 Å². The van der Waals surface area contributed by atoms with Crippen molar-refractivity contribution in [3.8, 4) is 0 Å². The highest BCUT2D eigenvalue weighted by molar-refractivity contribution is 5.78. The number of hydrogen-bond donors (Lipinski definition) is 1. The van der Waals surface area contributed by atoms with Crippen molar-refractivity contribution in [3.63, 3.8) is 0 Å². The lowest BCUT2D eigenvalue weighted by Gasteiger charge is -2.45. The maximum atomic E-state index is 11.4. The van der Waals surface area contributed by atoms with Crippen LogP contribution in [0, 0.1) is 5.92 Å². The van der Waals surface area contributed by atoms with Crippen LogP contribution in [0.5, 0.6) is 0 Å². The van der Waals surface area contributed by atoms with Crippen molar-refractivity contribution < 1.29 is 4.79 Å². The van der Waals surface area contributed by atoms with Crippen LogP contribution in [0.15, 0.2) is 0 Å². The standard InChI is InChI=1S/C11H22N2.C10H18N2O.C10H20N2.C9H17N.C8H16N2.5C2H6/c1-10(2)13-8-7-12-6-4-3-5-11(12)9-13;1-8(2)11-5-6-12-9(7-11)3-4-10(12)13;1-9(2)12-7-6-11-5-3-4-10(11)8-12;1-7(2)10-6-8-3-4-9(10)5-8;1-6(2)10-5-7-3-8(10)4-9-7;5*1-2/h10-11H,3-9H2,1-2H3;8-9H,3-7H2,1-2H3;9-10H,3-8H2,1-2H3;7-9H,3-6H2,1-2H3;6-9H,3-5H2,1-2H3;5*1-2H3. The fourth-order valence-electron chi connectivity index (χ4n) is 12.3. The van der Waals surface area contributed by atoms with Crippen LogP contribution in [-0.2, 0) is 4.79 Å². The molecule has 0 aromatic heterocycles. The highest BCUT2D eigenvalue weighted by Crippen LogP contribution is 2.38. The number of piperidine rings is 2. The van der Waals surface area contributed by atoms with Gasteiger partial charge in [0.25, 0.3) is 0 Å². The molecule has 9 saturated heterocycles. The number of hydrogen-bond acceptors (Lipinski definition) is 9. The molecule has 10 nitrogen and oxygen atoms in total. The van der Waals surface area contributed by atoms with E-state index in [1.54, 1.807) is 0 Å². The first kappa shape index (κ1) is 65.2. The molecule has 10 fully saturated rings. The molecule has 406 valence electrons. The molecule has 1 saturated carbocycles. The van der Waals surface area contributed by atoms with E-state index in [9.17, 15) is 4.79 Å². The summed E-state index contributed by atoms with van der Waals surface area (Å²) in [7, 11) is 0. The normalized spacial score (nSPS) is 29.8. The summed E-state index contributed by atoms with van der Waals surface area (Å²) in [5, 5.41) is 3.50. The van der Waals surface area contributed by atoms with Crippen molar-refractivity contribution in [1.29, 1.82) is 0 Å². The van der Waals surface area contributed by atoms with Crippen LogP contribution in [0.25, 0.3) is 0 Å². The van der Waals surface area contributed by atoms with Crippen LogP contribution in [0.4, 0.5) is 0 Å². The zero-order chi connectivity index (χ0) is 51.5. The Morgan fingerprint density at radius 3 is 1.28 bits per heavy atom. The summed E-state index contributed by atoms with van der Waals surface area (Å²) in [6.07, 6.45) is 14.9. The molecule has 10 rings (SSSR count). The van der Waals surface area contributed by atoms with Crippen molar-refractivity contribution in [2.45, 2.75) is 276 Å². The molecule has 1 N–H and O–H groups in total. The molecule has 68 heavy (non-hydrogen) atoms. The predicted molar refractivity (Wildman–Crippen MR) is 300 cm³/mol. The van der Waals surface area contributed by atoms with Crippen LogP contribution in [0.3, 0.4) is 0 Å². The lowest BCUT2D eigenvalue weighted by Crippen LogP contribution is -2.56. The topological polar surface area (TPSA) is 55.0 Å². The molecule has 7 atom stereocenters. The Balaban J connectivity index is 0.000000407. The average molecular weight is 963 g/mol. The lowest BCUT2D eigenvalue weighted by atomic mass is 9.99. The zero-order valence-electron chi connectivity index (χ0n) is 49.6. The van der Waals surface area contributed by atoms with Gasteiger partial charge in [-0.3, -0.25) is 39.1 Å². The fraction of sp³-hybridized carbons (Fsp3) is 0.983. The number of amides is 1. The minimum atomic E-state index is 0.369. The maximum Gasteiger partial charge on any atom is 0.222 e. The van der Waals surface area contributed by atoms with Gasteiger partial charge in [0, 0.05) is 151 Å². The van der Waals surface area contributed by atoms with Crippen molar-refractivity contribution in [2.24, 2.45) is 5.92 Å². The summed E-state index contributed by atoms with van der Waals surface area (Å²) in [6, 6.07) is 8.55. The second-order valence-electron chi connectivity index (χ2n) is 21.5. The quantitative estimate of drug-likeness (QED) is 0.290. The van der Waals surface area contributed by atoms with Crippen LogP contribution in [-0.4, -0.2) is 203 Å². The molecular weight excluding hydrogens is 839 g/mol. The van der Waals surface area contributed by atoms with Crippen LogP contribution in [0.2, 0.25) is 0 Å². The van der Waals surface area contributed by atoms with E-state index in [0.717, 1.165) is 92.8 Å². The molecule has 4 bridgehead atoms. The van der Waals surface area contributed by atoms with Crippen molar-refractivity contribution in [3.05, 3.63) is 0 Å². The third-order valence-corrected chi connectivity index (χ3v) is 16.1. The van der Waals surface area contributed by atoms with Gasteiger partial charge in [-0.1, -0.05) is 75.7 Å². The van der Waals surface area contributed by atoms with Crippen molar-refractivity contribution in [1.82, 2.24) is 44.5 Å². The third kappa shape index (κ3) is 20.6. The molecule has 7 unspecified atom stereocenters. The van der Waals surface area contributed by atoms with Gasteiger partial charge >= 0.3 is 0 Å². The summed E-state index contributed by atoms with van der Waals surface area (Å²) in [5.74, 6) is 1.43. The van der Waals surface area contributed by atoms with Gasteiger partial charge in [-0.15, -0.1) is 0 Å². The fourth-order valence-corrected chi connectivity index (χ4v) is 12.3. The van der Waals surface area contributed by atoms with Gasteiger partial charge in [-0.2, -0.15) is 0 Å². The number of carbonyl (C=O) groups is 1. The van der Waals surface area contributed by atoms with Crippen molar-refractivity contribution >= 4 is 5.91 Å². The van der Waals surface area contributed by atoms with E-state index in [1.165, 1.54) is 130 Å². The summed E-state index contributed by atoms with van der Waals surface area (Å²) in [4.78, 5) is 31.8. The largest absolute Gasteiger partial charge is 0.337 e. The predicted octanol–water partition coefficient (Wildman–Crippen LogP) is 10.9. The van der Waals surface area contributed by atoms with Crippen LogP contribution >= 0.6 is 0 Å². The SMILES string of the molecule is CC.CC.CC.CC.CC.CC(C)N1CC2CC1CN2.CC(C)N1CC2CCC1C2.CC(C)N1CCN2C(=O)CCC2C1.CC(C)N1CCN2CCCC2C1.CC(C)N1CCN2CCCCC2C1. The second kappa shape index (κ2) is 36.1. The molecule has 10 aliphatic rings. The Labute approximate surface area is 426 Å². The van der Waals surface area contributed by atoms with Crippen molar-refractivity contribution in [2.75, 3.05) is 91.6 Å². The molecule has 9 aliphatic heterocycles. The second-order valence-corrected chi connectivity index (χ2v) is 21.5. The Morgan fingerprint density at radius 1 is 0.412 bits per heavy atom. The number of likely N-dealkylation sites (tertiary alicyclic amines) is 2. The highest BCUT2D eigenvalue weighted by Gasteiger charge is 2.40. The number of rotatable bonds is 5. The number of piperazine rings is 4. The summed E-state index contributed by atoms with van der Waals surface area (Å²) in [5.41, 5.74) is 0. The number of nitrogens with zero attached hydrogens (tertiary/aromatic N) is 8. The van der Waals surface area contributed by atoms with E-state index >= 15 is 0 Å². The Bertz CT molecular complexity index is 1200. The minimum Gasteiger partial charge on any atom is -0.337 e. The van der Waals surface area contributed by atoms with E-state index in [-0.39, 0.29) is 0 Å². The van der Waals surface area contributed by atoms with Gasteiger partial charge in [0.05, 0.1) is 0 Å². The first-order valence-corrected chi connectivity index (χ1v) is 30.0. The maximum absolute atomic E-state index is 11.4. The smallest absolute Gasteiger partial charge is 0.222 e. The van der Waals surface area contributed by atoms with E-state index < -0.39 is 0 Å². The monoisotopic (exact) mass is 962 g/mol. The average Bonchev–Trinajstić information content (AvgIpc) is 4.27. The first-order chi connectivity index (χ1) is 32.8. The Morgan fingerprint density at radius 2 is 0.882 bits per heavy atom. The van der Waals surface area contributed by atoms with E-state index in [1.807, 2.05) is 69.2 Å². The third-order valence-electron chi connectivity index (χ3n) is 16.1. The van der Waals surface area contributed by atoms with Gasteiger partial charge in [-0.25, -0.2) is 0 Å². The number of fused-ring (bicyclic) bond motifs is 7. The summed E-state index contributed by atoms with van der Waals surface area (Å²) < 4.78 is 0. The lowest BCUT2D eigenvalue weighted by molar-refractivity contribution is -0.130.